The molecule has 0 heterocycles. The van der Waals surface area contributed by atoms with E-state index in [2.05, 4.69) is 9.47 Å². The second-order valence-electron chi connectivity index (χ2n) is 5.79. The number of hydrogen-bond donors (Lipinski definition) is 0. The molecule has 0 saturated heterocycles. The van der Waals surface area contributed by atoms with Crippen LogP contribution in [-0.4, -0.2) is 37.5 Å². The molecular weight excluding hydrogens is 386 g/mol. The maximum absolute atomic E-state index is 12.3. The first-order valence-electron chi connectivity index (χ1n) is 8.46. The van der Waals surface area contributed by atoms with Gasteiger partial charge in [0.05, 0.1) is 12.7 Å². The number of hydrogen-bond acceptors (Lipinski definition) is 6. The quantitative estimate of drug-likeness (QED) is 0.377. The van der Waals surface area contributed by atoms with E-state index in [9.17, 15) is 23.2 Å². The number of ether oxygens (including phenoxy) is 3. The van der Waals surface area contributed by atoms with Crippen molar-refractivity contribution < 1.29 is 37.4 Å². The van der Waals surface area contributed by atoms with Crippen molar-refractivity contribution >= 4 is 23.8 Å². The van der Waals surface area contributed by atoms with Crippen LogP contribution in [0.15, 0.2) is 54.6 Å². The van der Waals surface area contributed by atoms with Crippen LogP contribution in [-0.2, 0) is 14.3 Å². The third-order valence-electron chi connectivity index (χ3n) is 3.77. The Bertz CT molecular complexity index is 888. The van der Waals surface area contributed by atoms with Crippen molar-refractivity contribution in [3.63, 3.8) is 0 Å². The summed E-state index contributed by atoms with van der Waals surface area (Å²) in [4.78, 5) is 35.6. The molecule has 2 aromatic rings. The molecule has 1 atom stereocenters. The zero-order valence-corrected chi connectivity index (χ0v) is 15.6. The van der Waals surface area contributed by atoms with Crippen LogP contribution in [0.1, 0.15) is 33.2 Å². The maximum Gasteiger partial charge on any atom is 0.387 e. The molecule has 152 valence electrons. The summed E-state index contributed by atoms with van der Waals surface area (Å²) in [5.74, 6) is -1.78. The summed E-state index contributed by atoms with van der Waals surface area (Å²) in [6.07, 6.45) is 1.55. The standard InChI is InChI=1S/C21H18F2O6/c1-13(19(25)15-8-10-17(11-9-15)29-21(22)23)28-18(24)12-5-14-3-6-16(7-4-14)20(26)27-2/h3-13,21H,1-2H3/b12-5+/t13-/m0/s1. The third-order valence-corrected chi connectivity index (χ3v) is 3.77. The highest BCUT2D eigenvalue weighted by molar-refractivity contribution is 6.01. The van der Waals surface area contributed by atoms with Gasteiger partial charge in [-0.3, -0.25) is 4.79 Å². The molecule has 0 aromatic heterocycles. The van der Waals surface area contributed by atoms with Crippen LogP contribution in [0.5, 0.6) is 5.75 Å². The van der Waals surface area contributed by atoms with Gasteiger partial charge in [-0.15, -0.1) is 0 Å². The average Bonchev–Trinajstić information content (AvgIpc) is 2.71. The number of benzene rings is 2. The fourth-order valence-electron chi connectivity index (χ4n) is 2.31. The van der Waals surface area contributed by atoms with E-state index in [1.807, 2.05) is 0 Å². The molecule has 0 saturated carbocycles. The third kappa shape index (κ3) is 6.53. The van der Waals surface area contributed by atoms with Gasteiger partial charge in [0.1, 0.15) is 5.75 Å². The number of Topliss-reactive ketones (excluding diaryl/α,β-unsaturated/α-hetero) is 1. The lowest BCUT2D eigenvalue weighted by molar-refractivity contribution is -0.140. The van der Waals surface area contributed by atoms with E-state index in [4.69, 9.17) is 4.74 Å². The molecule has 0 fully saturated rings. The van der Waals surface area contributed by atoms with Crippen LogP contribution in [0.2, 0.25) is 0 Å². The smallest absolute Gasteiger partial charge is 0.387 e. The number of rotatable bonds is 8. The fraction of sp³-hybridized carbons (Fsp3) is 0.190. The lowest BCUT2D eigenvalue weighted by Gasteiger charge is -2.11. The summed E-state index contributed by atoms with van der Waals surface area (Å²) in [5.41, 5.74) is 1.20. The van der Waals surface area contributed by atoms with Crippen molar-refractivity contribution in [2.24, 2.45) is 0 Å². The van der Waals surface area contributed by atoms with Gasteiger partial charge in [0, 0.05) is 11.6 Å². The summed E-state index contributed by atoms with van der Waals surface area (Å²) >= 11 is 0. The van der Waals surface area contributed by atoms with Crippen molar-refractivity contribution in [2.45, 2.75) is 19.6 Å². The number of methoxy groups -OCH3 is 1. The SMILES string of the molecule is COC(=O)c1ccc(/C=C/C(=O)O[C@@H](C)C(=O)c2ccc(OC(F)F)cc2)cc1. The van der Waals surface area contributed by atoms with Gasteiger partial charge in [-0.05, 0) is 55.0 Å². The molecule has 2 rings (SSSR count). The number of alkyl halides is 2. The minimum Gasteiger partial charge on any atom is -0.465 e. The maximum atomic E-state index is 12.3. The minimum atomic E-state index is -2.96. The summed E-state index contributed by atoms with van der Waals surface area (Å²) in [6.45, 7) is -1.55. The van der Waals surface area contributed by atoms with Gasteiger partial charge in [-0.1, -0.05) is 12.1 Å². The van der Waals surface area contributed by atoms with Crippen molar-refractivity contribution in [1.82, 2.24) is 0 Å². The minimum absolute atomic E-state index is 0.0812. The first-order chi connectivity index (χ1) is 13.8. The van der Waals surface area contributed by atoms with Gasteiger partial charge in [0.25, 0.3) is 0 Å². The number of esters is 2. The van der Waals surface area contributed by atoms with Crippen LogP contribution in [0.3, 0.4) is 0 Å². The van der Waals surface area contributed by atoms with Crippen molar-refractivity contribution in [3.05, 3.63) is 71.3 Å². The van der Waals surface area contributed by atoms with E-state index in [1.165, 1.54) is 44.4 Å². The van der Waals surface area contributed by atoms with Crippen molar-refractivity contribution in [2.75, 3.05) is 7.11 Å². The van der Waals surface area contributed by atoms with Crippen molar-refractivity contribution in [3.8, 4) is 5.75 Å². The molecule has 6 nitrogen and oxygen atoms in total. The zero-order valence-electron chi connectivity index (χ0n) is 15.6. The molecule has 0 aliphatic rings. The molecular formula is C21H18F2O6. The Labute approximate surface area is 165 Å². The lowest BCUT2D eigenvalue weighted by atomic mass is 10.1. The van der Waals surface area contributed by atoms with Gasteiger partial charge in [-0.25, -0.2) is 9.59 Å². The van der Waals surface area contributed by atoms with Crippen LogP contribution >= 0.6 is 0 Å². The van der Waals surface area contributed by atoms with E-state index >= 15 is 0 Å². The summed E-state index contributed by atoms with van der Waals surface area (Å²) < 4.78 is 38.2. The molecule has 8 heteroatoms. The second-order valence-corrected chi connectivity index (χ2v) is 5.79. The average molecular weight is 404 g/mol. The molecule has 0 bridgehead atoms. The summed E-state index contributed by atoms with van der Waals surface area (Å²) in [5, 5.41) is 0. The van der Waals surface area contributed by atoms with Gasteiger partial charge < -0.3 is 14.2 Å². The van der Waals surface area contributed by atoms with Crippen LogP contribution in [0, 0.1) is 0 Å². The highest BCUT2D eigenvalue weighted by Crippen LogP contribution is 2.16. The highest BCUT2D eigenvalue weighted by Gasteiger charge is 2.19. The number of halogens is 2. The van der Waals surface area contributed by atoms with Crippen LogP contribution in [0.25, 0.3) is 6.08 Å². The molecule has 29 heavy (non-hydrogen) atoms. The van der Waals surface area contributed by atoms with Gasteiger partial charge in [-0.2, -0.15) is 8.78 Å². The molecule has 0 unspecified atom stereocenters. The summed E-state index contributed by atoms with van der Waals surface area (Å²) in [7, 11) is 1.28. The molecule has 0 spiro atoms. The van der Waals surface area contributed by atoms with E-state index < -0.39 is 30.4 Å². The largest absolute Gasteiger partial charge is 0.465 e. The Balaban J connectivity index is 1.93. The van der Waals surface area contributed by atoms with Crippen molar-refractivity contribution in [1.29, 1.82) is 0 Å². The van der Waals surface area contributed by atoms with E-state index in [0.29, 0.717) is 11.1 Å². The van der Waals surface area contributed by atoms with Gasteiger partial charge in [0.2, 0.25) is 5.78 Å². The molecule has 0 N–H and O–H groups in total. The molecule has 2 aromatic carbocycles. The van der Waals surface area contributed by atoms with Gasteiger partial charge in [0.15, 0.2) is 6.10 Å². The second kappa shape index (κ2) is 10.1. The normalized spacial score (nSPS) is 11.9. The lowest BCUT2D eigenvalue weighted by Crippen LogP contribution is -2.23. The predicted molar refractivity (Wildman–Crippen MR) is 99.8 cm³/mol. The van der Waals surface area contributed by atoms with E-state index in [-0.39, 0.29) is 11.3 Å². The van der Waals surface area contributed by atoms with E-state index in [1.54, 1.807) is 24.3 Å². The zero-order chi connectivity index (χ0) is 21.4. The molecule has 0 aliphatic heterocycles. The first-order valence-corrected chi connectivity index (χ1v) is 8.46. The van der Waals surface area contributed by atoms with E-state index in [0.717, 1.165) is 6.08 Å². The Hall–Kier alpha value is -3.55. The Kier molecular flexibility index (Phi) is 7.59. The Morgan fingerprint density at radius 1 is 0.931 bits per heavy atom. The fourth-order valence-corrected chi connectivity index (χ4v) is 2.31. The molecule has 0 amide bonds. The number of ketones is 1. The Morgan fingerprint density at radius 3 is 2.07 bits per heavy atom. The highest BCUT2D eigenvalue weighted by atomic mass is 19.3. The van der Waals surface area contributed by atoms with Crippen LogP contribution < -0.4 is 4.74 Å². The summed E-state index contributed by atoms with van der Waals surface area (Å²) in [6, 6.07) is 11.4. The monoisotopic (exact) mass is 404 g/mol. The first kappa shape index (κ1) is 21.7. The van der Waals surface area contributed by atoms with Gasteiger partial charge >= 0.3 is 18.6 Å². The number of carbonyl (C=O) groups is 3. The molecule has 0 aliphatic carbocycles. The topological polar surface area (TPSA) is 78.9 Å². The Morgan fingerprint density at radius 2 is 1.52 bits per heavy atom. The molecule has 0 radical (unpaired) electrons. The van der Waals surface area contributed by atoms with Crippen LogP contribution in [0.4, 0.5) is 8.78 Å². The number of carbonyl (C=O) groups excluding carboxylic acids is 3. The predicted octanol–water partition coefficient (Wildman–Crippen LogP) is 3.90.